The molecule has 1 aliphatic rings. The Kier molecular flexibility index (Phi) is 5.20. The molecule has 0 spiro atoms. The Labute approximate surface area is 117 Å². The topological polar surface area (TPSA) is 28.2 Å². The lowest BCUT2D eigenvalue weighted by Gasteiger charge is -2.33. The molecule has 106 valence electrons. The molecule has 1 aliphatic heterocycles. The molecule has 0 saturated carbocycles. The van der Waals surface area contributed by atoms with E-state index < -0.39 is 0 Å². The second kappa shape index (κ2) is 6.90. The first-order valence-electron chi connectivity index (χ1n) is 7.54. The Balaban J connectivity index is 1.78. The fraction of sp³-hybridized carbons (Fsp3) is 0.688. The van der Waals surface area contributed by atoms with Crippen molar-refractivity contribution in [3.05, 3.63) is 23.9 Å². The Bertz CT molecular complexity index is 381. The van der Waals surface area contributed by atoms with Crippen LogP contribution >= 0.6 is 0 Å². The molecule has 1 N–H and O–H groups in total. The van der Waals surface area contributed by atoms with E-state index in [9.17, 15) is 0 Å². The van der Waals surface area contributed by atoms with Crippen LogP contribution in [0, 0.1) is 18.8 Å². The summed E-state index contributed by atoms with van der Waals surface area (Å²) in [4.78, 5) is 6.96. The summed E-state index contributed by atoms with van der Waals surface area (Å²) in [5, 5.41) is 3.59. The second-order valence-corrected chi connectivity index (χ2v) is 6.13. The van der Waals surface area contributed by atoms with Gasteiger partial charge in [0.2, 0.25) is 0 Å². The van der Waals surface area contributed by atoms with Gasteiger partial charge in [0.1, 0.15) is 5.82 Å². The van der Waals surface area contributed by atoms with E-state index >= 15 is 0 Å². The van der Waals surface area contributed by atoms with Crippen molar-refractivity contribution in [2.45, 2.75) is 33.6 Å². The minimum Gasteiger partial charge on any atom is -0.356 e. The van der Waals surface area contributed by atoms with Crippen LogP contribution in [0.2, 0.25) is 0 Å². The van der Waals surface area contributed by atoms with Crippen LogP contribution in [0.1, 0.15) is 32.3 Å². The number of aryl methyl sites for hydroxylation is 1. The average Bonchev–Trinajstić information content (AvgIpc) is 2.40. The zero-order valence-electron chi connectivity index (χ0n) is 12.5. The molecule has 0 bridgehead atoms. The summed E-state index contributed by atoms with van der Waals surface area (Å²) in [6.45, 7) is 11.3. The van der Waals surface area contributed by atoms with E-state index in [1.807, 2.05) is 12.3 Å². The molecule has 3 nitrogen and oxygen atoms in total. The Hall–Kier alpha value is -1.09. The van der Waals surface area contributed by atoms with E-state index in [4.69, 9.17) is 0 Å². The Morgan fingerprint density at radius 2 is 2.11 bits per heavy atom. The summed E-state index contributed by atoms with van der Waals surface area (Å²) in [5.41, 5.74) is 1.29. The van der Waals surface area contributed by atoms with Crippen molar-refractivity contribution in [2.75, 3.05) is 31.1 Å². The second-order valence-electron chi connectivity index (χ2n) is 6.13. The van der Waals surface area contributed by atoms with E-state index in [1.54, 1.807) is 0 Å². The predicted molar refractivity (Wildman–Crippen MR) is 81.6 cm³/mol. The van der Waals surface area contributed by atoms with Gasteiger partial charge in [0, 0.05) is 19.3 Å². The van der Waals surface area contributed by atoms with Crippen LogP contribution in [0.4, 0.5) is 5.82 Å². The number of hydrogen-bond acceptors (Lipinski definition) is 3. The van der Waals surface area contributed by atoms with Gasteiger partial charge in [-0.3, -0.25) is 0 Å². The van der Waals surface area contributed by atoms with Crippen LogP contribution in [-0.4, -0.2) is 31.2 Å². The summed E-state index contributed by atoms with van der Waals surface area (Å²) in [6.07, 6.45) is 4.46. The summed E-state index contributed by atoms with van der Waals surface area (Å²) in [7, 11) is 0. The average molecular weight is 261 g/mol. The molecule has 2 rings (SSSR count). The van der Waals surface area contributed by atoms with Crippen LogP contribution in [0.15, 0.2) is 18.3 Å². The van der Waals surface area contributed by atoms with Crippen molar-refractivity contribution >= 4 is 5.82 Å². The minimum absolute atomic E-state index is 0.747. The number of nitrogens with zero attached hydrogens (tertiary/aromatic N) is 2. The monoisotopic (exact) mass is 261 g/mol. The molecule has 0 unspecified atom stereocenters. The van der Waals surface area contributed by atoms with E-state index in [0.717, 1.165) is 31.5 Å². The van der Waals surface area contributed by atoms with Crippen molar-refractivity contribution < 1.29 is 0 Å². The lowest BCUT2D eigenvalue weighted by molar-refractivity contribution is 0.373. The van der Waals surface area contributed by atoms with Crippen LogP contribution in [0.5, 0.6) is 0 Å². The van der Waals surface area contributed by atoms with Gasteiger partial charge in [0.15, 0.2) is 0 Å². The third-order valence-electron chi connectivity index (χ3n) is 3.88. The standard InChI is InChI=1S/C16H27N3/c1-13(2)11-17-12-15-6-9-19(10-7-15)16-14(3)5-4-8-18-16/h4-5,8,13,15,17H,6-7,9-12H2,1-3H3. The van der Waals surface area contributed by atoms with Crippen LogP contribution < -0.4 is 10.2 Å². The first-order chi connectivity index (χ1) is 9.16. The first kappa shape index (κ1) is 14.3. The van der Waals surface area contributed by atoms with Gasteiger partial charge in [-0.05, 0) is 56.3 Å². The molecule has 0 atom stereocenters. The van der Waals surface area contributed by atoms with Gasteiger partial charge in [-0.1, -0.05) is 19.9 Å². The number of anilines is 1. The largest absolute Gasteiger partial charge is 0.356 e. The number of hydrogen-bond donors (Lipinski definition) is 1. The summed E-state index contributed by atoms with van der Waals surface area (Å²) in [5.74, 6) is 2.76. The number of piperidine rings is 1. The zero-order chi connectivity index (χ0) is 13.7. The highest BCUT2D eigenvalue weighted by molar-refractivity contribution is 5.46. The smallest absolute Gasteiger partial charge is 0.131 e. The lowest BCUT2D eigenvalue weighted by Crippen LogP contribution is -2.38. The van der Waals surface area contributed by atoms with E-state index in [2.05, 4.69) is 42.0 Å². The van der Waals surface area contributed by atoms with Crippen molar-refractivity contribution in [1.29, 1.82) is 0 Å². The predicted octanol–water partition coefficient (Wildman–Crippen LogP) is 2.85. The van der Waals surface area contributed by atoms with E-state index in [0.29, 0.717) is 0 Å². The summed E-state index contributed by atoms with van der Waals surface area (Å²) < 4.78 is 0. The Morgan fingerprint density at radius 1 is 1.37 bits per heavy atom. The number of pyridine rings is 1. The fourth-order valence-electron chi connectivity index (χ4n) is 2.73. The van der Waals surface area contributed by atoms with Gasteiger partial charge in [-0.25, -0.2) is 4.98 Å². The quantitative estimate of drug-likeness (QED) is 0.883. The molecule has 0 radical (unpaired) electrons. The molecular weight excluding hydrogens is 234 g/mol. The van der Waals surface area contributed by atoms with Crippen molar-refractivity contribution in [3.63, 3.8) is 0 Å². The highest BCUT2D eigenvalue weighted by Crippen LogP contribution is 2.23. The lowest BCUT2D eigenvalue weighted by atomic mass is 9.96. The molecule has 2 heterocycles. The molecule has 1 aromatic heterocycles. The third kappa shape index (κ3) is 4.20. The van der Waals surface area contributed by atoms with Gasteiger partial charge in [-0.15, -0.1) is 0 Å². The van der Waals surface area contributed by atoms with Crippen LogP contribution in [-0.2, 0) is 0 Å². The molecule has 0 aliphatic carbocycles. The SMILES string of the molecule is Cc1cccnc1N1CCC(CNCC(C)C)CC1. The van der Waals surface area contributed by atoms with Gasteiger partial charge in [0.25, 0.3) is 0 Å². The molecule has 1 fully saturated rings. The molecule has 0 aromatic carbocycles. The molecule has 1 saturated heterocycles. The number of rotatable bonds is 5. The summed E-state index contributed by atoms with van der Waals surface area (Å²) >= 11 is 0. The normalized spacial score (nSPS) is 17.2. The van der Waals surface area contributed by atoms with Crippen LogP contribution in [0.3, 0.4) is 0 Å². The van der Waals surface area contributed by atoms with E-state index in [-0.39, 0.29) is 0 Å². The highest BCUT2D eigenvalue weighted by Gasteiger charge is 2.20. The third-order valence-corrected chi connectivity index (χ3v) is 3.88. The number of nitrogens with one attached hydrogen (secondary N) is 1. The molecule has 3 heteroatoms. The highest BCUT2D eigenvalue weighted by atomic mass is 15.2. The fourth-order valence-corrected chi connectivity index (χ4v) is 2.73. The van der Waals surface area contributed by atoms with Crippen molar-refractivity contribution in [1.82, 2.24) is 10.3 Å². The molecule has 1 aromatic rings. The summed E-state index contributed by atoms with van der Waals surface area (Å²) in [6, 6.07) is 4.17. The maximum absolute atomic E-state index is 4.52. The maximum atomic E-state index is 4.52. The van der Waals surface area contributed by atoms with Crippen LogP contribution in [0.25, 0.3) is 0 Å². The molecular formula is C16H27N3. The van der Waals surface area contributed by atoms with Crippen molar-refractivity contribution in [3.8, 4) is 0 Å². The minimum atomic E-state index is 0.747. The molecule has 0 amide bonds. The number of aromatic nitrogens is 1. The van der Waals surface area contributed by atoms with Gasteiger partial charge in [0.05, 0.1) is 0 Å². The maximum Gasteiger partial charge on any atom is 0.131 e. The Morgan fingerprint density at radius 3 is 2.74 bits per heavy atom. The molecule has 19 heavy (non-hydrogen) atoms. The van der Waals surface area contributed by atoms with Crippen molar-refractivity contribution in [2.24, 2.45) is 11.8 Å². The first-order valence-corrected chi connectivity index (χ1v) is 7.54. The zero-order valence-corrected chi connectivity index (χ0v) is 12.5. The van der Waals surface area contributed by atoms with Gasteiger partial charge < -0.3 is 10.2 Å². The van der Waals surface area contributed by atoms with Gasteiger partial charge >= 0.3 is 0 Å². The van der Waals surface area contributed by atoms with Gasteiger partial charge in [-0.2, -0.15) is 0 Å². The van der Waals surface area contributed by atoms with E-state index in [1.165, 1.54) is 30.8 Å².